The number of amides is 1. The number of rotatable bonds is 5. The molecule has 25 heavy (non-hydrogen) atoms. The second kappa shape index (κ2) is 7.71. The second-order valence-corrected chi connectivity index (χ2v) is 5.40. The highest BCUT2D eigenvalue weighted by Crippen LogP contribution is 2.24. The number of nitrogens with one attached hydrogen (secondary N) is 1. The molecule has 0 saturated carbocycles. The number of aliphatic hydroxyl groups excluding tert-OH is 1. The van der Waals surface area contributed by atoms with Gasteiger partial charge < -0.3 is 15.2 Å². The number of hydrogen-bond donors (Lipinski definition) is 2. The summed E-state index contributed by atoms with van der Waals surface area (Å²) in [6, 6.07) is 7.97. The smallest absolute Gasteiger partial charge is 0.406 e. The fraction of sp³-hybridized carbons (Fsp3) is 0.188. The normalized spacial score (nSPS) is 12.6. The maximum absolute atomic E-state index is 13.6. The molecule has 0 fully saturated rings. The van der Waals surface area contributed by atoms with Gasteiger partial charge >= 0.3 is 6.36 Å². The zero-order valence-corrected chi connectivity index (χ0v) is 13.2. The number of carbonyl (C=O) groups excluding carboxylic acids is 1. The van der Waals surface area contributed by atoms with Crippen molar-refractivity contribution in [3.8, 4) is 5.75 Å². The molecule has 0 aromatic heterocycles. The van der Waals surface area contributed by atoms with Crippen LogP contribution in [-0.4, -0.2) is 23.9 Å². The van der Waals surface area contributed by atoms with Crippen molar-refractivity contribution in [2.75, 3.05) is 6.54 Å². The molecule has 0 spiro atoms. The zero-order valence-electron chi connectivity index (χ0n) is 12.5. The van der Waals surface area contributed by atoms with Crippen LogP contribution >= 0.6 is 11.6 Å². The Hall–Kier alpha value is -2.32. The Bertz CT molecular complexity index is 750. The Balaban J connectivity index is 1.96. The maximum atomic E-state index is 13.6. The molecule has 2 rings (SSSR count). The van der Waals surface area contributed by atoms with E-state index in [9.17, 15) is 27.5 Å². The number of alkyl halides is 3. The van der Waals surface area contributed by atoms with Crippen molar-refractivity contribution in [3.05, 3.63) is 64.4 Å². The lowest BCUT2D eigenvalue weighted by atomic mass is 10.1. The molecule has 2 aromatic rings. The van der Waals surface area contributed by atoms with Crippen LogP contribution in [0.3, 0.4) is 0 Å². The van der Waals surface area contributed by atoms with Crippen LogP contribution in [0.15, 0.2) is 42.5 Å². The number of hydrogen-bond acceptors (Lipinski definition) is 3. The fourth-order valence-corrected chi connectivity index (χ4v) is 2.14. The predicted molar refractivity (Wildman–Crippen MR) is 81.8 cm³/mol. The van der Waals surface area contributed by atoms with E-state index >= 15 is 0 Å². The SMILES string of the molecule is O=C(NCC(O)c1ccc(OC(F)(F)F)cc1)c1cc(Cl)ccc1F. The molecule has 0 aliphatic carbocycles. The Kier molecular flexibility index (Phi) is 5.86. The van der Waals surface area contributed by atoms with Crippen molar-refractivity contribution in [1.82, 2.24) is 5.32 Å². The molecule has 9 heteroatoms. The van der Waals surface area contributed by atoms with Crippen LogP contribution in [0.5, 0.6) is 5.75 Å². The molecule has 0 heterocycles. The van der Waals surface area contributed by atoms with Gasteiger partial charge in [0.15, 0.2) is 0 Å². The van der Waals surface area contributed by atoms with E-state index in [2.05, 4.69) is 10.1 Å². The molecule has 2 N–H and O–H groups in total. The molecular weight excluding hydrogens is 366 g/mol. The predicted octanol–water partition coefficient (Wildman–Crippen LogP) is 3.84. The Morgan fingerprint density at radius 3 is 2.44 bits per heavy atom. The lowest BCUT2D eigenvalue weighted by molar-refractivity contribution is -0.274. The largest absolute Gasteiger partial charge is 0.573 e. The van der Waals surface area contributed by atoms with Crippen molar-refractivity contribution in [1.29, 1.82) is 0 Å². The Morgan fingerprint density at radius 2 is 1.84 bits per heavy atom. The van der Waals surface area contributed by atoms with Crippen molar-refractivity contribution < 1.29 is 32.2 Å². The monoisotopic (exact) mass is 377 g/mol. The van der Waals surface area contributed by atoms with Gasteiger partial charge in [-0.25, -0.2) is 4.39 Å². The quantitative estimate of drug-likeness (QED) is 0.778. The van der Waals surface area contributed by atoms with Gasteiger partial charge in [0, 0.05) is 11.6 Å². The van der Waals surface area contributed by atoms with Gasteiger partial charge in [0.1, 0.15) is 11.6 Å². The van der Waals surface area contributed by atoms with Gasteiger partial charge in [0.2, 0.25) is 0 Å². The van der Waals surface area contributed by atoms with E-state index in [1.165, 1.54) is 18.2 Å². The van der Waals surface area contributed by atoms with E-state index in [1.54, 1.807) is 0 Å². The highest BCUT2D eigenvalue weighted by Gasteiger charge is 2.31. The minimum atomic E-state index is -4.81. The molecule has 2 aromatic carbocycles. The first-order valence-electron chi connectivity index (χ1n) is 6.93. The molecule has 0 bridgehead atoms. The fourth-order valence-electron chi connectivity index (χ4n) is 1.97. The van der Waals surface area contributed by atoms with E-state index in [4.69, 9.17) is 11.6 Å². The van der Waals surface area contributed by atoms with Gasteiger partial charge in [0.05, 0.1) is 11.7 Å². The lowest BCUT2D eigenvalue weighted by Crippen LogP contribution is -2.29. The third-order valence-electron chi connectivity index (χ3n) is 3.13. The molecule has 4 nitrogen and oxygen atoms in total. The van der Waals surface area contributed by atoms with Crippen LogP contribution in [0.1, 0.15) is 22.0 Å². The number of carbonyl (C=O) groups is 1. The molecule has 1 atom stereocenters. The van der Waals surface area contributed by atoms with Crippen LogP contribution in [0.4, 0.5) is 17.6 Å². The van der Waals surface area contributed by atoms with E-state index in [-0.39, 0.29) is 22.7 Å². The van der Waals surface area contributed by atoms with Gasteiger partial charge in [0.25, 0.3) is 5.91 Å². The molecule has 0 aliphatic rings. The van der Waals surface area contributed by atoms with Gasteiger partial charge in [-0.1, -0.05) is 23.7 Å². The lowest BCUT2D eigenvalue weighted by Gasteiger charge is -2.14. The molecule has 134 valence electrons. The summed E-state index contributed by atoms with van der Waals surface area (Å²) in [6.45, 7) is -0.274. The average Bonchev–Trinajstić information content (AvgIpc) is 2.53. The Morgan fingerprint density at radius 1 is 1.20 bits per heavy atom. The average molecular weight is 378 g/mol. The zero-order chi connectivity index (χ0) is 18.6. The van der Waals surface area contributed by atoms with Crippen molar-refractivity contribution in [2.45, 2.75) is 12.5 Å². The maximum Gasteiger partial charge on any atom is 0.573 e. The van der Waals surface area contributed by atoms with Gasteiger partial charge in [-0.2, -0.15) is 0 Å². The summed E-state index contributed by atoms with van der Waals surface area (Å²) < 4.78 is 53.5. The van der Waals surface area contributed by atoms with Crippen LogP contribution < -0.4 is 10.1 Å². The van der Waals surface area contributed by atoms with Crippen LogP contribution in [0.25, 0.3) is 0 Å². The first-order valence-corrected chi connectivity index (χ1v) is 7.30. The van der Waals surface area contributed by atoms with E-state index in [1.807, 2.05) is 0 Å². The number of ether oxygens (including phenoxy) is 1. The van der Waals surface area contributed by atoms with Crippen LogP contribution in [0, 0.1) is 5.82 Å². The minimum Gasteiger partial charge on any atom is -0.406 e. The summed E-state index contributed by atoms with van der Waals surface area (Å²) >= 11 is 5.69. The van der Waals surface area contributed by atoms with Gasteiger partial charge in [-0.15, -0.1) is 13.2 Å². The topological polar surface area (TPSA) is 58.6 Å². The third-order valence-corrected chi connectivity index (χ3v) is 3.36. The van der Waals surface area contributed by atoms with Crippen LogP contribution in [-0.2, 0) is 0 Å². The highest BCUT2D eigenvalue weighted by molar-refractivity contribution is 6.31. The first-order chi connectivity index (χ1) is 11.7. The summed E-state index contributed by atoms with van der Waals surface area (Å²) in [6.07, 6.45) is -6.01. The van der Waals surface area contributed by atoms with E-state index < -0.39 is 29.9 Å². The summed E-state index contributed by atoms with van der Waals surface area (Å²) in [5, 5.41) is 12.5. The summed E-state index contributed by atoms with van der Waals surface area (Å²) in [5.74, 6) is -1.99. The summed E-state index contributed by atoms with van der Waals surface area (Å²) in [5.41, 5.74) is -0.0324. The minimum absolute atomic E-state index is 0.173. The number of aliphatic hydroxyl groups is 1. The highest BCUT2D eigenvalue weighted by atomic mass is 35.5. The van der Waals surface area contributed by atoms with E-state index in [0.29, 0.717) is 0 Å². The van der Waals surface area contributed by atoms with Gasteiger partial charge in [-0.05, 0) is 35.9 Å². The van der Waals surface area contributed by atoms with Crippen molar-refractivity contribution in [3.63, 3.8) is 0 Å². The second-order valence-electron chi connectivity index (χ2n) is 4.97. The van der Waals surface area contributed by atoms with Crippen molar-refractivity contribution in [2.24, 2.45) is 0 Å². The summed E-state index contributed by atoms with van der Waals surface area (Å²) in [4.78, 5) is 11.9. The van der Waals surface area contributed by atoms with E-state index in [0.717, 1.165) is 24.3 Å². The molecule has 1 unspecified atom stereocenters. The third kappa shape index (κ3) is 5.61. The molecule has 0 saturated heterocycles. The summed E-state index contributed by atoms with van der Waals surface area (Å²) in [7, 11) is 0. The number of benzene rings is 2. The van der Waals surface area contributed by atoms with Crippen molar-refractivity contribution >= 4 is 17.5 Å². The first kappa shape index (κ1) is 19.0. The molecular formula is C16H12ClF4NO3. The molecule has 0 aliphatic heterocycles. The molecule has 0 radical (unpaired) electrons. The molecule has 1 amide bonds. The van der Waals surface area contributed by atoms with Gasteiger partial charge in [-0.3, -0.25) is 4.79 Å². The standard InChI is InChI=1S/C16H12ClF4NO3/c17-10-3-6-13(18)12(7-10)15(24)22-8-14(23)9-1-4-11(5-2-9)25-16(19,20)21/h1-7,14,23H,8H2,(H,22,24). The van der Waals surface area contributed by atoms with Crippen LogP contribution in [0.2, 0.25) is 5.02 Å². The number of halogens is 5. The Labute approximate surface area is 145 Å².